The summed E-state index contributed by atoms with van der Waals surface area (Å²) in [4.78, 5) is 12.7. The highest BCUT2D eigenvalue weighted by Crippen LogP contribution is 2.42. The summed E-state index contributed by atoms with van der Waals surface area (Å²) < 4.78 is 55.7. The van der Waals surface area contributed by atoms with Crippen molar-refractivity contribution in [3.05, 3.63) is 71.6 Å². The molecule has 2 aromatic rings. The van der Waals surface area contributed by atoms with Crippen LogP contribution in [0.5, 0.6) is 11.5 Å². The van der Waals surface area contributed by atoms with E-state index < -0.39 is 29.3 Å². The summed E-state index contributed by atoms with van der Waals surface area (Å²) in [6, 6.07) is 7.55. The van der Waals surface area contributed by atoms with Gasteiger partial charge in [0.2, 0.25) is 0 Å². The van der Waals surface area contributed by atoms with Gasteiger partial charge in [-0.1, -0.05) is 31.6 Å². The number of carbonyl (C=O) groups is 1. The molecule has 0 aliphatic heterocycles. The molecule has 0 saturated heterocycles. The average Bonchev–Trinajstić information content (AvgIpc) is 2.96. The van der Waals surface area contributed by atoms with Crippen molar-refractivity contribution in [2.75, 3.05) is 6.61 Å². The summed E-state index contributed by atoms with van der Waals surface area (Å²) in [5.41, 5.74) is 0.791. The fraction of sp³-hybridized carbons (Fsp3) is 0.545. The standard InChI is InChI=1S/C33H41F3O4/c1-3-5-19-39-25-15-18-30(28(34)20-25)40-33(38)24-13-9-22(10-14-24)27-17-16-26(31(35)32(27)36)21-7-11-23(12-8-21)29(37)6-4-2/h3,15-18,20-24,29,37H,1,4-14,19H2,2H3. The number of rotatable bonds is 11. The van der Waals surface area contributed by atoms with Gasteiger partial charge in [-0.3, -0.25) is 4.79 Å². The summed E-state index contributed by atoms with van der Waals surface area (Å²) in [5.74, 6) is -2.95. The first-order valence-corrected chi connectivity index (χ1v) is 14.7. The summed E-state index contributed by atoms with van der Waals surface area (Å²) >= 11 is 0. The first kappa shape index (κ1) is 30.2. The van der Waals surface area contributed by atoms with Gasteiger partial charge in [0.25, 0.3) is 0 Å². The van der Waals surface area contributed by atoms with E-state index in [1.807, 2.05) is 0 Å². The van der Waals surface area contributed by atoms with Gasteiger partial charge in [-0.2, -0.15) is 0 Å². The third-order valence-electron chi connectivity index (χ3n) is 8.69. The Morgan fingerprint density at radius 1 is 0.975 bits per heavy atom. The minimum Gasteiger partial charge on any atom is -0.493 e. The van der Waals surface area contributed by atoms with Crippen LogP contribution < -0.4 is 9.47 Å². The molecular formula is C33H41F3O4. The Hall–Kier alpha value is -2.80. The zero-order chi connectivity index (χ0) is 28.6. The molecule has 1 N–H and O–H groups in total. The third-order valence-corrected chi connectivity index (χ3v) is 8.69. The van der Waals surface area contributed by atoms with Crippen LogP contribution in [0.4, 0.5) is 13.2 Å². The molecule has 0 spiro atoms. The first-order chi connectivity index (χ1) is 19.3. The molecule has 0 amide bonds. The van der Waals surface area contributed by atoms with E-state index in [9.17, 15) is 14.3 Å². The van der Waals surface area contributed by atoms with Crippen LogP contribution >= 0.6 is 0 Å². The van der Waals surface area contributed by atoms with Crippen LogP contribution in [-0.2, 0) is 4.79 Å². The van der Waals surface area contributed by atoms with Crippen LogP contribution in [0.3, 0.4) is 0 Å². The van der Waals surface area contributed by atoms with Crippen LogP contribution in [0.25, 0.3) is 0 Å². The molecule has 7 heteroatoms. The molecule has 40 heavy (non-hydrogen) atoms. The van der Waals surface area contributed by atoms with Crippen LogP contribution in [0.15, 0.2) is 43.0 Å². The number of esters is 1. The average molecular weight is 559 g/mol. The monoisotopic (exact) mass is 558 g/mol. The Morgan fingerprint density at radius 2 is 1.57 bits per heavy atom. The van der Waals surface area contributed by atoms with E-state index >= 15 is 8.78 Å². The van der Waals surface area contributed by atoms with Gasteiger partial charge in [0.15, 0.2) is 23.2 Å². The minimum absolute atomic E-state index is 0.0349. The van der Waals surface area contributed by atoms with Crippen molar-refractivity contribution >= 4 is 5.97 Å². The highest BCUT2D eigenvalue weighted by molar-refractivity contribution is 5.75. The van der Waals surface area contributed by atoms with E-state index in [0.29, 0.717) is 55.6 Å². The van der Waals surface area contributed by atoms with Crippen molar-refractivity contribution in [2.24, 2.45) is 11.8 Å². The Balaban J connectivity index is 1.31. The molecular weight excluding hydrogens is 517 g/mol. The number of hydrogen-bond acceptors (Lipinski definition) is 4. The molecule has 2 aromatic carbocycles. The Labute approximate surface area is 235 Å². The van der Waals surface area contributed by atoms with E-state index in [4.69, 9.17) is 9.47 Å². The number of aliphatic hydroxyl groups is 1. The molecule has 1 unspecified atom stereocenters. The van der Waals surface area contributed by atoms with Gasteiger partial charge in [-0.15, -0.1) is 6.58 Å². The van der Waals surface area contributed by atoms with Crippen LogP contribution in [0.1, 0.15) is 101 Å². The Bertz CT molecular complexity index is 1150. The fourth-order valence-electron chi connectivity index (χ4n) is 6.30. The molecule has 2 fully saturated rings. The van der Waals surface area contributed by atoms with Crippen molar-refractivity contribution < 1.29 is 32.5 Å². The zero-order valence-electron chi connectivity index (χ0n) is 23.3. The number of hydrogen-bond donors (Lipinski definition) is 1. The lowest BCUT2D eigenvalue weighted by Crippen LogP contribution is -2.26. The van der Waals surface area contributed by atoms with E-state index in [1.54, 1.807) is 24.3 Å². The summed E-state index contributed by atoms with van der Waals surface area (Å²) in [5, 5.41) is 10.3. The number of benzene rings is 2. The van der Waals surface area contributed by atoms with E-state index in [-0.39, 0.29) is 29.6 Å². The second kappa shape index (κ2) is 14.2. The second-order valence-electron chi connectivity index (χ2n) is 11.3. The maximum absolute atomic E-state index is 15.3. The van der Waals surface area contributed by atoms with Gasteiger partial charge in [0, 0.05) is 6.07 Å². The molecule has 2 aliphatic rings. The first-order valence-electron chi connectivity index (χ1n) is 14.7. The number of halogens is 3. The van der Waals surface area contributed by atoms with Gasteiger partial charge >= 0.3 is 5.97 Å². The van der Waals surface area contributed by atoms with Crippen molar-refractivity contribution in [3.63, 3.8) is 0 Å². The normalized spacial score (nSPS) is 23.8. The molecule has 0 aromatic heterocycles. The number of aliphatic hydroxyl groups excluding tert-OH is 1. The molecule has 2 saturated carbocycles. The Kier molecular flexibility index (Phi) is 10.7. The zero-order valence-corrected chi connectivity index (χ0v) is 23.3. The number of carbonyl (C=O) groups excluding carboxylic acids is 1. The second-order valence-corrected chi connectivity index (χ2v) is 11.3. The molecule has 0 heterocycles. The highest BCUT2D eigenvalue weighted by atomic mass is 19.2. The van der Waals surface area contributed by atoms with Gasteiger partial charge in [-0.25, -0.2) is 13.2 Å². The lowest BCUT2D eigenvalue weighted by atomic mass is 9.74. The maximum Gasteiger partial charge on any atom is 0.314 e. The molecule has 2 aliphatic carbocycles. The van der Waals surface area contributed by atoms with Crippen LogP contribution in [-0.4, -0.2) is 23.8 Å². The molecule has 4 rings (SSSR count). The SMILES string of the molecule is C=CCCOc1ccc(OC(=O)C2CCC(c3ccc(C4CCC(C(O)CCC)CC4)c(F)c3F)CC2)c(F)c1. The van der Waals surface area contributed by atoms with Crippen molar-refractivity contribution in [1.29, 1.82) is 0 Å². The predicted molar refractivity (Wildman–Crippen MR) is 149 cm³/mol. The maximum atomic E-state index is 15.3. The van der Waals surface area contributed by atoms with Gasteiger partial charge in [0.1, 0.15) is 5.75 Å². The molecule has 218 valence electrons. The van der Waals surface area contributed by atoms with E-state index in [2.05, 4.69) is 13.5 Å². The fourth-order valence-corrected chi connectivity index (χ4v) is 6.30. The lowest BCUT2D eigenvalue weighted by molar-refractivity contribution is -0.140. The summed E-state index contributed by atoms with van der Waals surface area (Å²) in [6.45, 7) is 6.04. The van der Waals surface area contributed by atoms with Gasteiger partial charge in [0.05, 0.1) is 18.6 Å². The van der Waals surface area contributed by atoms with Gasteiger partial charge in [-0.05, 0) is 105 Å². The Morgan fingerprint density at radius 3 is 2.12 bits per heavy atom. The summed E-state index contributed by atoms with van der Waals surface area (Å²) in [7, 11) is 0. The largest absolute Gasteiger partial charge is 0.493 e. The lowest BCUT2D eigenvalue weighted by Gasteiger charge is -2.32. The number of ether oxygens (including phenoxy) is 2. The smallest absolute Gasteiger partial charge is 0.314 e. The van der Waals surface area contributed by atoms with Gasteiger partial charge < -0.3 is 14.6 Å². The topological polar surface area (TPSA) is 55.8 Å². The quantitative estimate of drug-likeness (QED) is 0.130. The third kappa shape index (κ3) is 7.28. The molecule has 1 atom stereocenters. The predicted octanol–water partition coefficient (Wildman–Crippen LogP) is 8.37. The minimum atomic E-state index is -0.783. The molecule has 4 nitrogen and oxygen atoms in total. The highest BCUT2D eigenvalue weighted by Gasteiger charge is 2.33. The van der Waals surface area contributed by atoms with Crippen molar-refractivity contribution in [3.8, 4) is 11.5 Å². The summed E-state index contributed by atoms with van der Waals surface area (Å²) in [6.07, 6.45) is 8.85. The molecule has 0 radical (unpaired) electrons. The molecule has 0 bridgehead atoms. The van der Waals surface area contributed by atoms with E-state index in [0.717, 1.165) is 38.5 Å². The van der Waals surface area contributed by atoms with E-state index in [1.165, 1.54) is 12.1 Å². The van der Waals surface area contributed by atoms with Crippen molar-refractivity contribution in [2.45, 2.75) is 95.5 Å². The van der Waals surface area contributed by atoms with Crippen LogP contribution in [0, 0.1) is 29.3 Å². The van der Waals surface area contributed by atoms with Crippen molar-refractivity contribution in [1.82, 2.24) is 0 Å². The van der Waals surface area contributed by atoms with Crippen LogP contribution in [0.2, 0.25) is 0 Å².